The maximum atomic E-state index is 12.5. The van der Waals surface area contributed by atoms with E-state index in [0.29, 0.717) is 36.6 Å². The van der Waals surface area contributed by atoms with Crippen LogP contribution in [0.5, 0.6) is 5.75 Å². The van der Waals surface area contributed by atoms with Crippen molar-refractivity contribution < 1.29 is 14.3 Å². The molecule has 1 aromatic heterocycles. The lowest BCUT2D eigenvalue weighted by Gasteiger charge is -2.28. The number of rotatable bonds is 5. The smallest absolute Gasteiger partial charge is 0.321 e. The molecule has 1 fully saturated rings. The van der Waals surface area contributed by atoms with Crippen LogP contribution in [0.4, 0.5) is 16.2 Å². The van der Waals surface area contributed by atoms with E-state index in [0.717, 1.165) is 18.5 Å². The minimum atomic E-state index is -0.248. The Balaban J connectivity index is 1.73. The van der Waals surface area contributed by atoms with Crippen LogP contribution in [0.25, 0.3) is 0 Å². The summed E-state index contributed by atoms with van der Waals surface area (Å²) in [6, 6.07) is 10.7. The van der Waals surface area contributed by atoms with E-state index in [-0.39, 0.29) is 11.9 Å². The number of pyridine rings is 1. The summed E-state index contributed by atoms with van der Waals surface area (Å²) in [5.74, 6) is 0.695. The van der Waals surface area contributed by atoms with E-state index in [4.69, 9.17) is 4.74 Å². The average Bonchev–Trinajstić information content (AvgIpc) is 2.69. The molecule has 0 bridgehead atoms. The van der Waals surface area contributed by atoms with Gasteiger partial charge in [-0.2, -0.15) is 0 Å². The van der Waals surface area contributed by atoms with Gasteiger partial charge in [-0.05, 0) is 43.2 Å². The van der Waals surface area contributed by atoms with Crippen LogP contribution in [0.1, 0.15) is 25.0 Å². The van der Waals surface area contributed by atoms with Gasteiger partial charge in [0.15, 0.2) is 0 Å². The standard InChI is InChI=1S/C20H24N4O3/c1-23(14-16-7-3-5-11-21-16)20(26)22-15-9-10-18(27-2)17(13-15)24-12-6-4-8-19(24)25/h3,5,7,9-11,13H,4,6,8,12,14H2,1-2H3,(H,22,26). The Morgan fingerprint density at radius 1 is 1.30 bits per heavy atom. The summed E-state index contributed by atoms with van der Waals surface area (Å²) >= 11 is 0. The van der Waals surface area contributed by atoms with Gasteiger partial charge >= 0.3 is 6.03 Å². The molecule has 0 saturated carbocycles. The maximum Gasteiger partial charge on any atom is 0.321 e. The van der Waals surface area contributed by atoms with Crippen LogP contribution in [0, 0.1) is 0 Å². The highest BCUT2D eigenvalue weighted by Gasteiger charge is 2.23. The molecule has 7 nitrogen and oxygen atoms in total. The summed E-state index contributed by atoms with van der Waals surface area (Å²) in [5.41, 5.74) is 2.11. The summed E-state index contributed by atoms with van der Waals surface area (Å²) < 4.78 is 5.41. The van der Waals surface area contributed by atoms with Gasteiger partial charge in [0.05, 0.1) is 25.0 Å². The quantitative estimate of drug-likeness (QED) is 0.879. The van der Waals surface area contributed by atoms with Gasteiger partial charge in [-0.25, -0.2) is 4.79 Å². The average molecular weight is 368 g/mol. The number of hydrogen-bond donors (Lipinski definition) is 1. The van der Waals surface area contributed by atoms with Gasteiger partial charge in [0.25, 0.3) is 0 Å². The van der Waals surface area contributed by atoms with Crippen LogP contribution in [0.3, 0.4) is 0 Å². The van der Waals surface area contributed by atoms with E-state index in [1.165, 1.54) is 0 Å². The molecule has 0 atom stereocenters. The zero-order valence-corrected chi connectivity index (χ0v) is 15.6. The topological polar surface area (TPSA) is 74.8 Å². The molecular formula is C20H24N4O3. The summed E-state index contributed by atoms with van der Waals surface area (Å²) in [6.07, 6.45) is 4.10. The molecule has 1 aliphatic heterocycles. The zero-order chi connectivity index (χ0) is 19.2. The fraction of sp³-hybridized carbons (Fsp3) is 0.350. The molecule has 7 heteroatoms. The Kier molecular flexibility index (Phi) is 5.90. The Morgan fingerprint density at radius 2 is 2.15 bits per heavy atom. The van der Waals surface area contributed by atoms with Gasteiger partial charge in [-0.1, -0.05) is 6.07 Å². The van der Waals surface area contributed by atoms with E-state index >= 15 is 0 Å². The van der Waals surface area contributed by atoms with Gasteiger partial charge in [0, 0.05) is 31.9 Å². The van der Waals surface area contributed by atoms with Crippen molar-refractivity contribution in [2.75, 3.05) is 30.9 Å². The Bertz CT molecular complexity index is 810. The maximum absolute atomic E-state index is 12.5. The van der Waals surface area contributed by atoms with Crippen molar-refractivity contribution in [2.24, 2.45) is 0 Å². The van der Waals surface area contributed by atoms with Crippen molar-refractivity contribution in [1.29, 1.82) is 0 Å². The first kappa shape index (κ1) is 18.7. The minimum Gasteiger partial charge on any atom is -0.495 e. The van der Waals surface area contributed by atoms with E-state index < -0.39 is 0 Å². The molecule has 1 aromatic carbocycles. The van der Waals surface area contributed by atoms with Gasteiger partial charge in [-0.3, -0.25) is 9.78 Å². The largest absolute Gasteiger partial charge is 0.495 e. The normalized spacial score (nSPS) is 14.0. The van der Waals surface area contributed by atoms with Gasteiger partial charge in [0.1, 0.15) is 5.75 Å². The fourth-order valence-electron chi connectivity index (χ4n) is 3.06. The predicted octanol–water partition coefficient (Wildman–Crippen LogP) is 3.27. The fourth-order valence-corrected chi connectivity index (χ4v) is 3.06. The molecule has 3 amide bonds. The molecule has 1 N–H and O–H groups in total. The molecule has 0 aliphatic carbocycles. The SMILES string of the molecule is COc1ccc(NC(=O)N(C)Cc2ccccn2)cc1N1CCCCC1=O. The molecule has 0 unspecified atom stereocenters. The molecule has 142 valence electrons. The van der Waals surface area contributed by atoms with Crippen molar-refractivity contribution in [3.63, 3.8) is 0 Å². The van der Waals surface area contributed by atoms with Crippen molar-refractivity contribution in [1.82, 2.24) is 9.88 Å². The van der Waals surface area contributed by atoms with Crippen LogP contribution in [0.2, 0.25) is 0 Å². The number of benzene rings is 1. The minimum absolute atomic E-state index is 0.0790. The molecule has 3 rings (SSSR count). The number of anilines is 2. The second-order valence-corrected chi connectivity index (χ2v) is 6.50. The molecular weight excluding hydrogens is 344 g/mol. The summed E-state index contributed by atoms with van der Waals surface area (Å²) in [4.78, 5) is 32.3. The molecule has 2 aromatic rings. The van der Waals surface area contributed by atoms with Gasteiger partial charge < -0.3 is 19.9 Å². The molecule has 0 radical (unpaired) electrons. The van der Waals surface area contributed by atoms with Crippen LogP contribution >= 0.6 is 0 Å². The number of nitrogens with zero attached hydrogens (tertiary/aromatic N) is 3. The van der Waals surface area contributed by atoms with Crippen LogP contribution in [0.15, 0.2) is 42.6 Å². The number of ether oxygens (including phenoxy) is 1. The Hall–Kier alpha value is -3.09. The molecule has 2 heterocycles. The second kappa shape index (κ2) is 8.53. The lowest BCUT2D eigenvalue weighted by atomic mass is 10.1. The van der Waals surface area contributed by atoms with Crippen molar-refractivity contribution in [3.05, 3.63) is 48.3 Å². The lowest BCUT2D eigenvalue weighted by Crippen LogP contribution is -2.35. The third-order valence-corrected chi connectivity index (χ3v) is 4.52. The number of carbonyl (C=O) groups excluding carboxylic acids is 2. The number of aromatic nitrogens is 1. The van der Waals surface area contributed by atoms with Crippen LogP contribution in [-0.4, -0.2) is 42.5 Å². The van der Waals surface area contributed by atoms with Crippen molar-refractivity contribution in [3.8, 4) is 5.75 Å². The first-order valence-electron chi connectivity index (χ1n) is 8.99. The summed E-state index contributed by atoms with van der Waals surface area (Å²) in [6.45, 7) is 1.06. The number of hydrogen-bond acceptors (Lipinski definition) is 4. The third kappa shape index (κ3) is 4.55. The monoisotopic (exact) mass is 368 g/mol. The highest BCUT2D eigenvalue weighted by atomic mass is 16.5. The number of nitrogens with one attached hydrogen (secondary N) is 1. The number of amides is 3. The predicted molar refractivity (Wildman–Crippen MR) is 104 cm³/mol. The van der Waals surface area contributed by atoms with Crippen molar-refractivity contribution in [2.45, 2.75) is 25.8 Å². The highest BCUT2D eigenvalue weighted by Crippen LogP contribution is 2.33. The number of methoxy groups -OCH3 is 1. The number of carbonyl (C=O) groups is 2. The summed E-state index contributed by atoms with van der Waals surface area (Å²) in [5, 5.41) is 2.87. The molecule has 1 aliphatic rings. The number of piperidine rings is 1. The van der Waals surface area contributed by atoms with E-state index in [1.807, 2.05) is 18.2 Å². The first-order chi connectivity index (χ1) is 13.1. The third-order valence-electron chi connectivity index (χ3n) is 4.52. The highest BCUT2D eigenvalue weighted by molar-refractivity contribution is 5.97. The summed E-state index contributed by atoms with van der Waals surface area (Å²) in [7, 11) is 3.29. The van der Waals surface area contributed by atoms with E-state index in [1.54, 1.807) is 48.4 Å². The molecule has 0 spiro atoms. The van der Waals surface area contributed by atoms with Gasteiger partial charge in [0.2, 0.25) is 5.91 Å². The molecule has 1 saturated heterocycles. The second-order valence-electron chi connectivity index (χ2n) is 6.50. The Morgan fingerprint density at radius 3 is 2.85 bits per heavy atom. The number of urea groups is 1. The van der Waals surface area contributed by atoms with Crippen LogP contribution in [-0.2, 0) is 11.3 Å². The zero-order valence-electron chi connectivity index (χ0n) is 15.6. The molecule has 27 heavy (non-hydrogen) atoms. The van der Waals surface area contributed by atoms with Crippen LogP contribution < -0.4 is 15.0 Å². The van der Waals surface area contributed by atoms with Gasteiger partial charge in [-0.15, -0.1) is 0 Å². The Labute approximate surface area is 158 Å². The van der Waals surface area contributed by atoms with Crippen molar-refractivity contribution >= 4 is 23.3 Å². The first-order valence-corrected chi connectivity index (χ1v) is 8.99. The van der Waals surface area contributed by atoms with E-state index in [9.17, 15) is 9.59 Å². The lowest BCUT2D eigenvalue weighted by molar-refractivity contribution is -0.119. The van der Waals surface area contributed by atoms with E-state index in [2.05, 4.69) is 10.3 Å².